The van der Waals surface area contributed by atoms with Crippen molar-refractivity contribution >= 4 is 15.9 Å². The lowest BCUT2D eigenvalue weighted by atomic mass is 9.91. The van der Waals surface area contributed by atoms with E-state index in [1.54, 1.807) is 0 Å². The molecule has 3 heteroatoms. The molecule has 0 spiro atoms. The molecule has 0 aliphatic carbocycles. The maximum atomic E-state index is 13.6. The van der Waals surface area contributed by atoms with Crippen LogP contribution in [0, 0.1) is 11.7 Å². The van der Waals surface area contributed by atoms with Crippen LogP contribution in [0.15, 0.2) is 22.7 Å². The molecule has 0 bridgehead atoms. The number of unbranched alkanes of at least 4 members (excludes halogenated alkanes) is 1. The Bertz CT molecular complexity index is 354. The van der Waals surface area contributed by atoms with E-state index in [4.69, 9.17) is 5.73 Å². The minimum absolute atomic E-state index is 0.0391. The molecule has 1 aromatic carbocycles. The molecule has 0 saturated carbocycles. The monoisotopic (exact) mass is 301 g/mol. The van der Waals surface area contributed by atoms with Crippen molar-refractivity contribution in [3.05, 3.63) is 34.1 Å². The van der Waals surface area contributed by atoms with Crippen molar-refractivity contribution < 1.29 is 4.39 Å². The molecule has 17 heavy (non-hydrogen) atoms. The van der Waals surface area contributed by atoms with Crippen LogP contribution in [-0.4, -0.2) is 6.04 Å². The van der Waals surface area contributed by atoms with Gasteiger partial charge in [-0.1, -0.05) is 48.7 Å². The molecule has 0 radical (unpaired) electrons. The van der Waals surface area contributed by atoms with Gasteiger partial charge in [-0.2, -0.15) is 0 Å². The molecule has 0 aromatic heterocycles. The van der Waals surface area contributed by atoms with Gasteiger partial charge in [0.25, 0.3) is 0 Å². The zero-order chi connectivity index (χ0) is 12.8. The first-order chi connectivity index (χ1) is 8.04. The number of hydrogen-bond acceptors (Lipinski definition) is 1. The summed E-state index contributed by atoms with van der Waals surface area (Å²) in [5, 5.41) is 0. The van der Waals surface area contributed by atoms with Crippen LogP contribution >= 0.6 is 15.9 Å². The first-order valence-corrected chi connectivity index (χ1v) is 7.03. The Morgan fingerprint density at radius 3 is 2.71 bits per heavy atom. The lowest BCUT2D eigenvalue weighted by molar-refractivity contribution is 0.406. The molecule has 0 aliphatic rings. The number of benzene rings is 1. The second-order valence-corrected chi connectivity index (χ2v) is 5.64. The highest BCUT2D eigenvalue weighted by atomic mass is 79.9. The Labute approximate surface area is 112 Å². The van der Waals surface area contributed by atoms with E-state index in [1.807, 2.05) is 12.1 Å². The van der Waals surface area contributed by atoms with E-state index < -0.39 is 0 Å². The molecule has 0 amide bonds. The topological polar surface area (TPSA) is 26.0 Å². The number of halogens is 2. The van der Waals surface area contributed by atoms with Crippen molar-refractivity contribution in [2.75, 3.05) is 0 Å². The van der Waals surface area contributed by atoms with Gasteiger partial charge >= 0.3 is 0 Å². The lowest BCUT2D eigenvalue weighted by Crippen LogP contribution is -2.30. The normalized spacial score (nSPS) is 14.6. The van der Waals surface area contributed by atoms with Crippen molar-refractivity contribution in [1.29, 1.82) is 0 Å². The summed E-state index contributed by atoms with van der Waals surface area (Å²) in [6, 6.07) is 5.21. The van der Waals surface area contributed by atoms with E-state index in [0.717, 1.165) is 10.9 Å². The Hall–Kier alpha value is -0.410. The van der Waals surface area contributed by atoms with E-state index in [1.165, 1.54) is 18.9 Å². The van der Waals surface area contributed by atoms with Gasteiger partial charge in [-0.25, -0.2) is 4.39 Å². The molecular weight excluding hydrogens is 281 g/mol. The molecular formula is C14H21BrFN. The Morgan fingerprint density at radius 2 is 2.12 bits per heavy atom. The largest absolute Gasteiger partial charge is 0.327 e. The quantitative estimate of drug-likeness (QED) is 0.833. The van der Waals surface area contributed by atoms with Crippen LogP contribution in [0.3, 0.4) is 0 Å². The Kier molecular flexibility index (Phi) is 6.14. The van der Waals surface area contributed by atoms with E-state index in [2.05, 4.69) is 29.8 Å². The Balaban J connectivity index is 2.58. The first-order valence-electron chi connectivity index (χ1n) is 6.24. The van der Waals surface area contributed by atoms with Gasteiger partial charge in [-0.05, 0) is 36.5 Å². The second kappa shape index (κ2) is 7.12. The van der Waals surface area contributed by atoms with Crippen LogP contribution in [0.5, 0.6) is 0 Å². The highest BCUT2D eigenvalue weighted by Crippen LogP contribution is 2.19. The van der Waals surface area contributed by atoms with Gasteiger partial charge in [0, 0.05) is 10.5 Å². The number of rotatable bonds is 6. The van der Waals surface area contributed by atoms with E-state index in [0.29, 0.717) is 17.9 Å². The third kappa shape index (κ3) is 4.76. The van der Waals surface area contributed by atoms with Gasteiger partial charge in [0.1, 0.15) is 5.82 Å². The molecule has 0 fully saturated rings. The highest BCUT2D eigenvalue weighted by molar-refractivity contribution is 9.10. The van der Waals surface area contributed by atoms with Crippen molar-refractivity contribution in [3.8, 4) is 0 Å². The fourth-order valence-electron chi connectivity index (χ4n) is 1.88. The van der Waals surface area contributed by atoms with Gasteiger partial charge < -0.3 is 5.73 Å². The fourth-order valence-corrected chi connectivity index (χ4v) is 2.22. The smallest absolute Gasteiger partial charge is 0.127 e. The number of nitrogens with two attached hydrogens (primary N) is 1. The molecule has 2 atom stereocenters. The average Bonchev–Trinajstić information content (AvgIpc) is 2.29. The first kappa shape index (κ1) is 14.7. The van der Waals surface area contributed by atoms with Gasteiger partial charge in [-0.3, -0.25) is 0 Å². The van der Waals surface area contributed by atoms with Gasteiger partial charge in [0.2, 0.25) is 0 Å². The van der Waals surface area contributed by atoms with Crippen molar-refractivity contribution in [1.82, 2.24) is 0 Å². The zero-order valence-corrected chi connectivity index (χ0v) is 12.1. The zero-order valence-electron chi connectivity index (χ0n) is 10.5. The number of hydrogen-bond donors (Lipinski definition) is 1. The van der Waals surface area contributed by atoms with E-state index in [9.17, 15) is 4.39 Å². The fraction of sp³-hybridized carbons (Fsp3) is 0.571. The van der Waals surface area contributed by atoms with Gasteiger partial charge in [0.05, 0.1) is 0 Å². The van der Waals surface area contributed by atoms with Crippen LogP contribution in [0.4, 0.5) is 4.39 Å². The summed E-state index contributed by atoms with van der Waals surface area (Å²) < 4.78 is 14.4. The SMILES string of the molecule is CCCCC(C)C(N)Cc1ccc(Br)cc1F. The summed E-state index contributed by atoms with van der Waals surface area (Å²) in [6.07, 6.45) is 4.11. The maximum absolute atomic E-state index is 13.6. The molecule has 2 N–H and O–H groups in total. The average molecular weight is 302 g/mol. The van der Waals surface area contributed by atoms with Gasteiger partial charge in [-0.15, -0.1) is 0 Å². The molecule has 0 heterocycles. The van der Waals surface area contributed by atoms with E-state index in [-0.39, 0.29) is 11.9 Å². The maximum Gasteiger partial charge on any atom is 0.127 e. The molecule has 0 saturated heterocycles. The van der Waals surface area contributed by atoms with E-state index >= 15 is 0 Å². The molecule has 1 aromatic rings. The lowest BCUT2D eigenvalue weighted by Gasteiger charge is -2.20. The third-order valence-corrected chi connectivity index (χ3v) is 3.71. The minimum Gasteiger partial charge on any atom is -0.327 e. The van der Waals surface area contributed by atoms with Crippen LogP contribution in [-0.2, 0) is 6.42 Å². The molecule has 96 valence electrons. The van der Waals surface area contributed by atoms with Gasteiger partial charge in [0.15, 0.2) is 0 Å². The summed E-state index contributed by atoms with van der Waals surface area (Å²) in [4.78, 5) is 0. The van der Waals surface area contributed by atoms with Crippen molar-refractivity contribution in [2.24, 2.45) is 11.7 Å². The predicted molar refractivity (Wildman–Crippen MR) is 74.5 cm³/mol. The summed E-state index contributed by atoms with van der Waals surface area (Å²) in [6.45, 7) is 4.32. The summed E-state index contributed by atoms with van der Waals surface area (Å²) in [5.74, 6) is 0.274. The van der Waals surface area contributed by atoms with Crippen LogP contribution in [0.25, 0.3) is 0 Å². The minimum atomic E-state index is -0.169. The summed E-state index contributed by atoms with van der Waals surface area (Å²) in [5.41, 5.74) is 6.83. The summed E-state index contributed by atoms with van der Waals surface area (Å²) >= 11 is 3.25. The van der Waals surface area contributed by atoms with Crippen molar-refractivity contribution in [2.45, 2.75) is 45.6 Å². The molecule has 1 nitrogen and oxygen atoms in total. The standard InChI is InChI=1S/C14H21BrFN/c1-3-4-5-10(2)14(17)8-11-6-7-12(15)9-13(11)16/h6-7,9-10,14H,3-5,8,17H2,1-2H3. The molecule has 1 rings (SSSR count). The molecule has 0 aliphatic heterocycles. The summed E-state index contributed by atoms with van der Waals surface area (Å²) in [7, 11) is 0. The highest BCUT2D eigenvalue weighted by Gasteiger charge is 2.14. The van der Waals surface area contributed by atoms with Crippen LogP contribution < -0.4 is 5.73 Å². The Morgan fingerprint density at radius 1 is 1.41 bits per heavy atom. The second-order valence-electron chi connectivity index (χ2n) is 4.72. The van der Waals surface area contributed by atoms with Crippen molar-refractivity contribution in [3.63, 3.8) is 0 Å². The predicted octanol–water partition coefficient (Wildman–Crippen LogP) is 4.28. The van der Waals surface area contributed by atoms with Crippen LogP contribution in [0.2, 0.25) is 0 Å². The molecule has 2 unspecified atom stereocenters. The third-order valence-electron chi connectivity index (χ3n) is 3.21. The van der Waals surface area contributed by atoms with Crippen LogP contribution in [0.1, 0.15) is 38.7 Å².